The van der Waals surface area contributed by atoms with E-state index in [1.54, 1.807) is 16.7 Å². The smallest absolute Gasteiger partial charge is 0.399 e. The summed E-state index contributed by atoms with van der Waals surface area (Å²) in [5, 5.41) is 12.4. The number of nitrogen functional groups attached to an aromatic ring is 1. The number of amides is 2. The van der Waals surface area contributed by atoms with Gasteiger partial charge in [-0.05, 0) is 30.7 Å². The average molecular weight is 461 g/mol. The molecule has 2 aliphatic rings. The Morgan fingerprint density at radius 3 is 2.61 bits per heavy atom. The number of nitrogens with two attached hydrogens (primary N) is 1. The van der Waals surface area contributed by atoms with Gasteiger partial charge in [-0.15, -0.1) is 0 Å². The summed E-state index contributed by atoms with van der Waals surface area (Å²) in [4.78, 5) is 24.6. The Labute approximate surface area is 188 Å². The lowest BCUT2D eigenvalue weighted by atomic mass is 10.0. The molecule has 1 atom stereocenters. The molecule has 33 heavy (non-hydrogen) atoms. The molecule has 3 N–H and O–H groups in total. The standard InChI is InChI=1S/C21H22F3N7O2/c1-12(13-6-14(21(22,23)24)8-15(26)7-13)27-19-16-10-31(11-17(16)28-18(9-25)29-19)20(32)30-2-4-33-5-3-30/h6-8,12H,2-5,10-11,26H2,1H3,(H,27,28,29)/t12-/m1/s1. The molecule has 0 bridgehead atoms. The van der Waals surface area contributed by atoms with Crippen LogP contribution in [0.3, 0.4) is 0 Å². The number of nitrogens with zero attached hydrogens (tertiary/aromatic N) is 5. The number of nitrogens with one attached hydrogen (secondary N) is 1. The van der Waals surface area contributed by atoms with Gasteiger partial charge in [0.05, 0.1) is 43.6 Å². The number of fused-ring (bicyclic) bond motifs is 1. The zero-order chi connectivity index (χ0) is 23.8. The number of halogens is 3. The molecule has 2 aromatic rings. The third kappa shape index (κ3) is 4.78. The third-order valence-electron chi connectivity index (χ3n) is 5.59. The van der Waals surface area contributed by atoms with E-state index in [4.69, 9.17) is 10.5 Å². The van der Waals surface area contributed by atoms with Crippen LogP contribution in [-0.2, 0) is 24.0 Å². The van der Waals surface area contributed by atoms with Crippen molar-refractivity contribution in [2.75, 3.05) is 37.4 Å². The molecular formula is C21H22F3N7O2. The summed E-state index contributed by atoms with van der Waals surface area (Å²) in [7, 11) is 0. The summed E-state index contributed by atoms with van der Waals surface area (Å²) >= 11 is 0. The number of morpholine rings is 1. The van der Waals surface area contributed by atoms with Crippen LogP contribution in [0, 0.1) is 11.3 Å². The van der Waals surface area contributed by atoms with Gasteiger partial charge >= 0.3 is 12.2 Å². The largest absolute Gasteiger partial charge is 0.416 e. The number of benzene rings is 1. The molecule has 1 aromatic heterocycles. The van der Waals surface area contributed by atoms with E-state index in [-0.39, 0.29) is 30.6 Å². The molecule has 4 rings (SSSR count). The van der Waals surface area contributed by atoms with Crippen LogP contribution in [0.25, 0.3) is 0 Å². The number of urea groups is 1. The molecule has 12 heteroatoms. The van der Waals surface area contributed by atoms with Gasteiger partial charge in [0.1, 0.15) is 11.9 Å². The number of carbonyl (C=O) groups is 1. The van der Waals surface area contributed by atoms with Crippen LogP contribution in [0.15, 0.2) is 18.2 Å². The maximum atomic E-state index is 13.2. The van der Waals surface area contributed by atoms with Crippen molar-refractivity contribution >= 4 is 17.5 Å². The predicted octanol–water partition coefficient (Wildman–Crippen LogP) is 2.89. The zero-order valence-electron chi connectivity index (χ0n) is 17.8. The number of hydrogen-bond acceptors (Lipinski definition) is 7. The van der Waals surface area contributed by atoms with E-state index in [0.29, 0.717) is 48.9 Å². The molecule has 9 nitrogen and oxygen atoms in total. The Kier molecular flexibility index (Phi) is 5.99. The van der Waals surface area contributed by atoms with Crippen molar-refractivity contribution in [2.45, 2.75) is 32.2 Å². The van der Waals surface area contributed by atoms with Crippen molar-refractivity contribution in [1.29, 1.82) is 5.26 Å². The normalized spacial score (nSPS) is 16.8. The SMILES string of the molecule is C[C@@H](Nc1nc(C#N)nc2c1CN(C(=O)N1CCOCC1)C2)c1cc(N)cc(C(F)(F)F)c1. The maximum Gasteiger partial charge on any atom is 0.416 e. The summed E-state index contributed by atoms with van der Waals surface area (Å²) in [5.74, 6) is 0.213. The summed E-state index contributed by atoms with van der Waals surface area (Å²) in [6.45, 7) is 4.00. The third-order valence-corrected chi connectivity index (χ3v) is 5.59. The summed E-state index contributed by atoms with van der Waals surface area (Å²) in [5.41, 5.74) is 6.30. The van der Waals surface area contributed by atoms with E-state index < -0.39 is 17.8 Å². The number of nitriles is 1. The van der Waals surface area contributed by atoms with E-state index in [9.17, 15) is 23.2 Å². The number of carbonyl (C=O) groups excluding carboxylic acids is 1. The fourth-order valence-corrected chi connectivity index (χ4v) is 3.89. The van der Waals surface area contributed by atoms with Gasteiger partial charge in [-0.2, -0.15) is 18.4 Å². The van der Waals surface area contributed by atoms with Gasteiger partial charge in [-0.25, -0.2) is 14.8 Å². The highest BCUT2D eigenvalue weighted by atomic mass is 19.4. The summed E-state index contributed by atoms with van der Waals surface area (Å²) in [6.07, 6.45) is -4.53. The maximum absolute atomic E-state index is 13.2. The van der Waals surface area contributed by atoms with Gasteiger partial charge in [0, 0.05) is 24.3 Å². The van der Waals surface area contributed by atoms with Gasteiger partial charge in [0.2, 0.25) is 5.82 Å². The minimum atomic E-state index is -4.53. The van der Waals surface area contributed by atoms with E-state index in [0.717, 1.165) is 12.1 Å². The Morgan fingerprint density at radius 2 is 1.94 bits per heavy atom. The number of alkyl halides is 3. The Morgan fingerprint density at radius 1 is 1.21 bits per heavy atom. The van der Waals surface area contributed by atoms with Crippen LogP contribution >= 0.6 is 0 Å². The molecule has 0 saturated carbocycles. The second kappa shape index (κ2) is 8.74. The van der Waals surface area contributed by atoms with Crippen molar-refractivity contribution in [2.24, 2.45) is 0 Å². The molecule has 1 saturated heterocycles. The first-order valence-electron chi connectivity index (χ1n) is 10.3. The first-order valence-corrected chi connectivity index (χ1v) is 10.3. The molecule has 1 fully saturated rings. The van der Waals surface area contributed by atoms with E-state index in [2.05, 4.69) is 15.3 Å². The minimum Gasteiger partial charge on any atom is -0.399 e. The molecule has 2 aliphatic heterocycles. The van der Waals surface area contributed by atoms with E-state index in [1.807, 2.05) is 6.07 Å². The zero-order valence-corrected chi connectivity index (χ0v) is 17.8. The second-order valence-corrected chi connectivity index (χ2v) is 7.92. The van der Waals surface area contributed by atoms with Crippen LogP contribution in [0.4, 0.5) is 29.5 Å². The molecular weight excluding hydrogens is 439 g/mol. The monoisotopic (exact) mass is 461 g/mol. The highest BCUT2D eigenvalue weighted by Gasteiger charge is 2.33. The quantitative estimate of drug-likeness (QED) is 0.675. The Hall–Kier alpha value is -3.59. The highest BCUT2D eigenvalue weighted by molar-refractivity contribution is 5.76. The van der Waals surface area contributed by atoms with Crippen LogP contribution in [0.1, 0.15) is 41.2 Å². The fraction of sp³-hybridized carbons (Fsp3) is 0.429. The molecule has 1 aromatic carbocycles. The lowest BCUT2D eigenvalue weighted by Gasteiger charge is -2.30. The molecule has 0 aliphatic carbocycles. The summed E-state index contributed by atoms with van der Waals surface area (Å²) in [6, 6.07) is 4.47. The number of ether oxygens (including phenoxy) is 1. The predicted molar refractivity (Wildman–Crippen MR) is 112 cm³/mol. The van der Waals surface area contributed by atoms with Gasteiger partial charge in [0.25, 0.3) is 0 Å². The fourth-order valence-electron chi connectivity index (χ4n) is 3.89. The van der Waals surface area contributed by atoms with Gasteiger partial charge in [0.15, 0.2) is 0 Å². The minimum absolute atomic E-state index is 0.0126. The molecule has 2 amide bonds. The number of rotatable bonds is 3. The van der Waals surface area contributed by atoms with Crippen LogP contribution < -0.4 is 11.1 Å². The first-order chi connectivity index (χ1) is 15.7. The van der Waals surface area contributed by atoms with Crippen molar-refractivity contribution in [3.8, 4) is 6.07 Å². The van der Waals surface area contributed by atoms with Crippen molar-refractivity contribution < 1.29 is 22.7 Å². The van der Waals surface area contributed by atoms with Crippen molar-refractivity contribution in [1.82, 2.24) is 19.8 Å². The molecule has 0 unspecified atom stereocenters. The first kappa shape index (κ1) is 22.6. The number of aromatic nitrogens is 2. The van der Waals surface area contributed by atoms with E-state index in [1.165, 1.54) is 6.07 Å². The van der Waals surface area contributed by atoms with Crippen molar-refractivity contribution in [3.05, 3.63) is 46.4 Å². The number of hydrogen-bond donors (Lipinski definition) is 2. The average Bonchev–Trinajstić information content (AvgIpc) is 3.22. The molecule has 174 valence electrons. The van der Waals surface area contributed by atoms with Crippen LogP contribution in [-0.4, -0.2) is 52.1 Å². The van der Waals surface area contributed by atoms with Crippen LogP contribution in [0.2, 0.25) is 0 Å². The molecule has 0 spiro atoms. The Bertz CT molecular complexity index is 1110. The van der Waals surface area contributed by atoms with Crippen molar-refractivity contribution in [3.63, 3.8) is 0 Å². The van der Waals surface area contributed by atoms with Gasteiger partial charge in [-0.1, -0.05) is 0 Å². The molecule has 3 heterocycles. The van der Waals surface area contributed by atoms with Crippen LogP contribution in [0.5, 0.6) is 0 Å². The lowest BCUT2D eigenvalue weighted by Crippen LogP contribution is -2.46. The highest BCUT2D eigenvalue weighted by Crippen LogP contribution is 2.34. The molecule has 0 radical (unpaired) electrons. The lowest BCUT2D eigenvalue weighted by molar-refractivity contribution is -0.137. The van der Waals surface area contributed by atoms with E-state index >= 15 is 0 Å². The second-order valence-electron chi connectivity index (χ2n) is 7.92. The topological polar surface area (TPSA) is 120 Å². The number of anilines is 2. The van der Waals surface area contributed by atoms with Gasteiger partial charge < -0.3 is 25.6 Å². The van der Waals surface area contributed by atoms with Gasteiger partial charge in [-0.3, -0.25) is 0 Å². The summed E-state index contributed by atoms with van der Waals surface area (Å²) < 4.78 is 44.9. The Balaban J connectivity index is 1.59.